The Bertz CT molecular complexity index is 402. The highest BCUT2D eigenvalue weighted by Gasteiger charge is 2.26. The van der Waals surface area contributed by atoms with E-state index < -0.39 is 0 Å². The summed E-state index contributed by atoms with van der Waals surface area (Å²) in [6, 6.07) is 5.72. The molecule has 1 atom stereocenters. The minimum absolute atomic E-state index is 0.694. The highest BCUT2D eigenvalue weighted by Crippen LogP contribution is 2.22. The average molecular weight is 324 g/mol. The van der Waals surface area contributed by atoms with Crippen molar-refractivity contribution in [3.63, 3.8) is 0 Å². The van der Waals surface area contributed by atoms with Crippen LogP contribution in [0.5, 0.6) is 0 Å². The van der Waals surface area contributed by atoms with Crippen LogP contribution < -0.4 is 5.32 Å². The Morgan fingerprint density at radius 1 is 1.26 bits per heavy atom. The molecule has 2 fully saturated rings. The maximum atomic E-state index is 4.51. The first-order valence-electron chi connectivity index (χ1n) is 7.39. The fourth-order valence-electron chi connectivity index (χ4n) is 2.80. The molecule has 104 valence electrons. The summed E-state index contributed by atoms with van der Waals surface area (Å²) in [7, 11) is 0. The second kappa shape index (κ2) is 6.33. The third-order valence-corrected chi connectivity index (χ3v) is 4.59. The fraction of sp³-hybridized carbons (Fsp3) is 0.667. The number of aromatic nitrogens is 1. The van der Waals surface area contributed by atoms with E-state index >= 15 is 0 Å². The van der Waals surface area contributed by atoms with Gasteiger partial charge in [-0.3, -0.25) is 9.88 Å². The summed E-state index contributed by atoms with van der Waals surface area (Å²) in [5.41, 5.74) is 1.18. The van der Waals surface area contributed by atoms with Gasteiger partial charge in [-0.1, -0.05) is 6.42 Å². The van der Waals surface area contributed by atoms with Gasteiger partial charge in [0, 0.05) is 35.8 Å². The predicted molar refractivity (Wildman–Crippen MR) is 81.0 cm³/mol. The summed E-state index contributed by atoms with van der Waals surface area (Å²) in [5, 5.41) is 3.68. The predicted octanol–water partition coefficient (Wildman–Crippen LogP) is 2.95. The van der Waals surface area contributed by atoms with Gasteiger partial charge in [0.2, 0.25) is 0 Å². The minimum Gasteiger partial charge on any atom is -0.312 e. The Balaban J connectivity index is 1.57. The van der Waals surface area contributed by atoms with E-state index in [1.807, 2.05) is 6.20 Å². The van der Waals surface area contributed by atoms with Crippen LogP contribution in [-0.2, 0) is 6.54 Å². The average Bonchev–Trinajstić information content (AvgIpc) is 3.25. The highest BCUT2D eigenvalue weighted by atomic mass is 79.9. The number of hydrogen-bond donors (Lipinski definition) is 1. The molecule has 3 nitrogen and oxygen atoms in total. The Labute approximate surface area is 123 Å². The van der Waals surface area contributed by atoms with Gasteiger partial charge < -0.3 is 5.32 Å². The summed E-state index contributed by atoms with van der Waals surface area (Å²) < 4.78 is 1.06. The molecule has 1 saturated carbocycles. The second-order valence-corrected chi connectivity index (χ2v) is 6.69. The van der Waals surface area contributed by atoms with Crippen molar-refractivity contribution in [3.8, 4) is 0 Å². The molecule has 0 radical (unpaired) electrons. The van der Waals surface area contributed by atoms with Crippen LogP contribution in [0.15, 0.2) is 22.8 Å². The maximum Gasteiger partial charge on any atom is 0.0544 e. The molecular formula is C15H22BrN3. The minimum atomic E-state index is 0.694. The molecule has 2 aliphatic rings. The monoisotopic (exact) mass is 323 g/mol. The molecule has 1 aliphatic heterocycles. The molecule has 0 bridgehead atoms. The third-order valence-electron chi connectivity index (χ3n) is 4.12. The molecule has 2 heterocycles. The van der Waals surface area contributed by atoms with Crippen molar-refractivity contribution in [1.29, 1.82) is 0 Å². The van der Waals surface area contributed by atoms with Gasteiger partial charge in [-0.25, -0.2) is 0 Å². The number of rotatable bonds is 5. The van der Waals surface area contributed by atoms with E-state index in [4.69, 9.17) is 0 Å². The van der Waals surface area contributed by atoms with Crippen LogP contribution in [0.2, 0.25) is 0 Å². The van der Waals surface area contributed by atoms with Crippen LogP contribution in [0.1, 0.15) is 37.8 Å². The van der Waals surface area contributed by atoms with Gasteiger partial charge in [0.1, 0.15) is 0 Å². The van der Waals surface area contributed by atoms with Crippen molar-refractivity contribution < 1.29 is 0 Å². The molecule has 1 unspecified atom stereocenters. The standard InChI is InChI=1S/C15H22BrN3/c16-12-4-5-14(17-9-12)11-19-8-2-1-3-15(19)10-18-13-6-7-13/h4-5,9,13,15,18H,1-3,6-8,10-11H2. The van der Waals surface area contributed by atoms with Gasteiger partial charge in [-0.05, 0) is 60.3 Å². The molecule has 0 spiro atoms. The number of nitrogens with zero attached hydrogens (tertiary/aromatic N) is 2. The van der Waals surface area contributed by atoms with Crippen LogP contribution in [0.25, 0.3) is 0 Å². The zero-order chi connectivity index (χ0) is 13.1. The first-order chi connectivity index (χ1) is 9.31. The number of likely N-dealkylation sites (tertiary alicyclic amines) is 1. The van der Waals surface area contributed by atoms with Crippen molar-refractivity contribution in [2.45, 2.75) is 50.7 Å². The normalized spacial score (nSPS) is 24.6. The molecular weight excluding hydrogens is 302 g/mol. The van der Waals surface area contributed by atoms with E-state index in [0.29, 0.717) is 6.04 Å². The zero-order valence-corrected chi connectivity index (χ0v) is 12.9. The quantitative estimate of drug-likeness (QED) is 0.903. The van der Waals surface area contributed by atoms with Crippen molar-refractivity contribution in [1.82, 2.24) is 15.2 Å². The van der Waals surface area contributed by atoms with E-state index in [1.54, 1.807) is 0 Å². The maximum absolute atomic E-state index is 4.51. The van der Waals surface area contributed by atoms with Crippen molar-refractivity contribution in [2.24, 2.45) is 0 Å². The summed E-state index contributed by atoms with van der Waals surface area (Å²) >= 11 is 3.44. The second-order valence-electron chi connectivity index (χ2n) is 5.77. The molecule has 3 rings (SSSR count). The number of piperidine rings is 1. The van der Waals surface area contributed by atoms with Gasteiger partial charge in [0.05, 0.1) is 5.69 Å². The Morgan fingerprint density at radius 3 is 2.89 bits per heavy atom. The fourth-order valence-corrected chi connectivity index (χ4v) is 3.03. The summed E-state index contributed by atoms with van der Waals surface area (Å²) in [6.45, 7) is 3.36. The summed E-state index contributed by atoms with van der Waals surface area (Å²) in [6.07, 6.45) is 8.69. The van der Waals surface area contributed by atoms with Crippen molar-refractivity contribution in [2.75, 3.05) is 13.1 Å². The van der Waals surface area contributed by atoms with Gasteiger partial charge >= 0.3 is 0 Å². The van der Waals surface area contributed by atoms with Crippen molar-refractivity contribution in [3.05, 3.63) is 28.5 Å². The Morgan fingerprint density at radius 2 is 2.16 bits per heavy atom. The largest absolute Gasteiger partial charge is 0.312 e. The summed E-state index contributed by atoms with van der Waals surface area (Å²) in [5.74, 6) is 0. The smallest absolute Gasteiger partial charge is 0.0544 e. The van der Waals surface area contributed by atoms with Gasteiger partial charge in [-0.2, -0.15) is 0 Å². The van der Waals surface area contributed by atoms with E-state index in [9.17, 15) is 0 Å². The van der Waals surface area contributed by atoms with Crippen LogP contribution >= 0.6 is 15.9 Å². The number of nitrogens with one attached hydrogen (secondary N) is 1. The molecule has 1 aromatic rings. The Kier molecular flexibility index (Phi) is 4.51. The lowest BCUT2D eigenvalue weighted by Crippen LogP contribution is -2.45. The highest BCUT2D eigenvalue weighted by molar-refractivity contribution is 9.10. The number of halogens is 1. The van der Waals surface area contributed by atoms with Crippen LogP contribution in [0.4, 0.5) is 0 Å². The first kappa shape index (κ1) is 13.5. The molecule has 1 N–H and O–H groups in total. The first-order valence-corrected chi connectivity index (χ1v) is 8.18. The van der Waals surface area contributed by atoms with Gasteiger partial charge in [0.25, 0.3) is 0 Å². The molecule has 0 aromatic carbocycles. The van der Waals surface area contributed by atoms with Crippen molar-refractivity contribution >= 4 is 15.9 Å². The lowest BCUT2D eigenvalue weighted by Gasteiger charge is -2.35. The van der Waals surface area contributed by atoms with E-state index in [-0.39, 0.29) is 0 Å². The van der Waals surface area contributed by atoms with Gasteiger partial charge in [-0.15, -0.1) is 0 Å². The van der Waals surface area contributed by atoms with E-state index in [0.717, 1.165) is 23.6 Å². The molecule has 1 saturated heterocycles. The van der Waals surface area contributed by atoms with E-state index in [1.165, 1.54) is 44.3 Å². The molecule has 1 aliphatic carbocycles. The number of hydrogen-bond acceptors (Lipinski definition) is 3. The van der Waals surface area contributed by atoms with Crippen LogP contribution in [0.3, 0.4) is 0 Å². The summed E-state index contributed by atoms with van der Waals surface area (Å²) in [4.78, 5) is 7.11. The lowest BCUT2D eigenvalue weighted by molar-refractivity contribution is 0.135. The topological polar surface area (TPSA) is 28.2 Å². The molecule has 0 amide bonds. The molecule has 19 heavy (non-hydrogen) atoms. The molecule has 4 heteroatoms. The third kappa shape index (κ3) is 4.01. The SMILES string of the molecule is Brc1ccc(CN2CCCCC2CNC2CC2)nc1. The lowest BCUT2D eigenvalue weighted by atomic mass is 10.0. The zero-order valence-electron chi connectivity index (χ0n) is 11.3. The van der Waals surface area contributed by atoms with Crippen LogP contribution in [-0.4, -0.2) is 35.1 Å². The Hall–Kier alpha value is -0.450. The van der Waals surface area contributed by atoms with E-state index in [2.05, 4.69) is 43.3 Å². The van der Waals surface area contributed by atoms with Gasteiger partial charge in [0.15, 0.2) is 0 Å². The number of pyridine rings is 1. The van der Waals surface area contributed by atoms with Crippen LogP contribution in [0, 0.1) is 0 Å². The molecule has 1 aromatic heterocycles.